The van der Waals surface area contributed by atoms with Gasteiger partial charge in [0.25, 0.3) is 0 Å². The first-order valence-electron chi connectivity index (χ1n) is 8.23. The molecule has 2 fully saturated rings. The van der Waals surface area contributed by atoms with Gasteiger partial charge in [0.1, 0.15) is 0 Å². The molecule has 0 spiro atoms. The number of nitrogens with zero attached hydrogens (tertiary/aromatic N) is 1. The molecule has 1 aliphatic carbocycles. The number of piperidine rings is 1. The molecule has 3 heteroatoms. The lowest BCUT2D eigenvalue weighted by molar-refractivity contribution is -0.121. The Morgan fingerprint density at radius 3 is 1.90 bits per heavy atom. The number of hydrogen-bond donors (Lipinski definition) is 1. The molecule has 0 unspecified atom stereocenters. The molecule has 2 N–H and O–H groups in total. The molecular weight excluding hydrogens is 248 g/mol. The first-order chi connectivity index (χ1) is 9.28. The highest BCUT2D eigenvalue weighted by molar-refractivity contribution is 5.47. The maximum atomic E-state index is 10.5. The standard InChI is InChI=1S/C11H21NO.C6H13N/c1-10(2,3)11(4)5-7-12(9-13)8-6-11;7-6-4-2-1-3-5-6/h9H,5-8H2,1-4H3;6H,1-5,7H2. The summed E-state index contributed by atoms with van der Waals surface area (Å²) >= 11 is 0. The Labute approximate surface area is 125 Å². The molecule has 0 aromatic carbocycles. The minimum Gasteiger partial charge on any atom is -0.345 e. The van der Waals surface area contributed by atoms with E-state index in [1.807, 2.05) is 4.90 Å². The highest BCUT2D eigenvalue weighted by atomic mass is 16.1. The molecule has 1 aliphatic heterocycles. The molecule has 0 radical (unpaired) electrons. The van der Waals surface area contributed by atoms with Crippen LogP contribution in [-0.4, -0.2) is 30.4 Å². The van der Waals surface area contributed by atoms with Gasteiger partial charge >= 0.3 is 0 Å². The summed E-state index contributed by atoms with van der Waals surface area (Å²) in [7, 11) is 0. The summed E-state index contributed by atoms with van der Waals surface area (Å²) in [5, 5.41) is 0. The molecular formula is C17H34N2O. The second-order valence-electron chi connectivity index (χ2n) is 7.85. The van der Waals surface area contributed by atoms with Crippen molar-refractivity contribution in [2.75, 3.05) is 13.1 Å². The number of hydrogen-bond acceptors (Lipinski definition) is 2. The molecule has 1 heterocycles. The Kier molecular flexibility index (Phi) is 6.50. The fourth-order valence-corrected chi connectivity index (χ4v) is 3.01. The van der Waals surface area contributed by atoms with E-state index in [2.05, 4.69) is 27.7 Å². The minimum absolute atomic E-state index is 0.349. The van der Waals surface area contributed by atoms with Crippen LogP contribution < -0.4 is 5.73 Å². The van der Waals surface area contributed by atoms with Crippen molar-refractivity contribution in [2.45, 2.75) is 78.7 Å². The van der Waals surface area contributed by atoms with Crippen LogP contribution >= 0.6 is 0 Å². The Bertz CT molecular complexity index is 282. The molecule has 1 saturated heterocycles. The zero-order chi connectivity index (χ0) is 15.2. The van der Waals surface area contributed by atoms with Crippen LogP contribution in [0.4, 0.5) is 0 Å². The van der Waals surface area contributed by atoms with Gasteiger partial charge in [0.2, 0.25) is 6.41 Å². The Balaban J connectivity index is 0.000000240. The van der Waals surface area contributed by atoms with Crippen LogP contribution in [0.5, 0.6) is 0 Å². The van der Waals surface area contributed by atoms with Crippen molar-refractivity contribution in [3.8, 4) is 0 Å². The lowest BCUT2D eigenvalue weighted by Crippen LogP contribution is -2.44. The van der Waals surface area contributed by atoms with E-state index in [0.717, 1.165) is 32.3 Å². The third-order valence-corrected chi connectivity index (χ3v) is 5.51. The van der Waals surface area contributed by atoms with Crippen molar-refractivity contribution in [3.05, 3.63) is 0 Å². The van der Waals surface area contributed by atoms with E-state index < -0.39 is 0 Å². The summed E-state index contributed by atoms with van der Waals surface area (Å²) in [6.07, 6.45) is 9.91. The molecule has 1 amide bonds. The lowest BCUT2D eigenvalue weighted by Gasteiger charge is -2.47. The van der Waals surface area contributed by atoms with Gasteiger partial charge in [0.05, 0.1) is 0 Å². The zero-order valence-corrected chi connectivity index (χ0v) is 14.0. The van der Waals surface area contributed by atoms with Crippen molar-refractivity contribution >= 4 is 6.41 Å². The van der Waals surface area contributed by atoms with E-state index in [0.29, 0.717) is 16.9 Å². The van der Waals surface area contributed by atoms with Gasteiger partial charge in [0, 0.05) is 19.1 Å². The summed E-state index contributed by atoms with van der Waals surface area (Å²) in [6.45, 7) is 11.1. The fraction of sp³-hybridized carbons (Fsp3) is 0.941. The van der Waals surface area contributed by atoms with Crippen molar-refractivity contribution in [3.63, 3.8) is 0 Å². The maximum absolute atomic E-state index is 10.5. The van der Waals surface area contributed by atoms with Gasteiger partial charge in [-0.15, -0.1) is 0 Å². The van der Waals surface area contributed by atoms with Crippen LogP contribution in [-0.2, 0) is 4.79 Å². The van der Waals surface area contributed by atoms with Crippen molar-refractivity contribution in [1.82, 2.24) is 4.90 Å². The van der Waals surface area contributed by atoms with Gasteiger partial charge < -0.3 is 10.6 Å². The van der Waals surface area contributed by atoms with Gasteiger partial charge in [-0.25, -0.2) is 0 Å². The first kappa shape index (κ1) is 17.5. The van der Waals surface area contributed by atoms with Crippen LogP contribution in [0.25, 0.3) is 0 Å². The molecule has 20 heavy (non-hydrogen) atoms. The average molecular weight is 282 g/mol. The summed E-state index contributed by atoms with van der Waals surface area (Å²) in [4.78, 5) is 12.4. The van der Waals surface area contributed by atoms with E-state index in [9.17, 15) is 4.79 Å². The van der Waals surface area contributed by atoms with E-state index >= 15 is 0 Å². The monoisotopic (exact) mass is 282 g/mol. The number of rotatable bonds is 1. The molecule has 0 aromatic rings. The number of carbonyl (C=O) groups excluding carboxylic acids is 1. The predicted octanol–water partition coefficient (Wildman–Crippen LogP) is 3.57. The smallest absolute Gasteiger partial charge is 0.209 e. The summed E-state index contributed by atoms with van der Waals surface area (Å²) in [5.41, 5.74) is 6.38. The summed E-state index contributed by atoms with van der Waals surface area (Å²) in [6, 6.07) is 0.536. The molecule has 0 aromatic heterocycles. The van der Waals surface area contributed by atoms with Gasteiger partial charge in [-0.1, -0.05) is 47.0 Å². The lowest BCUT2D eigenvalue weighted by atomic mass is 9.63. The van der Waals surface area contributed by atoms with Crippen molar-refractivity contribution in [1.29, 1.82) is 0 Å². The van der Waals surface area contributed by atoms with Gasteiger partial charge in [-0.05, 0) is 36.5 Å². The summed E-state index contributed by atoms with van der Waals surface area (Å²) in [5.74, 6) is 0. The topological polar surface area (TPSA) is 46.3 Å². The fourth-order valence-electron chi connectivity index (χ4n) is 3.01. The van der Waals surface area contributed by atoms with Crippen LogP contribution in [0.2, 0.25) is 0 Å². The second-order valence-corrected chi connectivity index (χ2v) is 7.85. The Morgan fingerprint density at radius 2 is 1.60 bits per heavy atom. The van der Waals surface area contributed by atoms with Gasteiger partial charge in [-0.3, -0.25) is 4.79 Å². The molecule has 0 atom stereocenters. The van der Waals surface area contributed by atoms with Crippen LogP contribution in [0, 0.1) is 10.8 Å². The zero-order valence-electron chi connectivity index (χ0n) is 14.0. The first-order valence-corrected chi connectivity index (χ1v) is 8.23. The van der Waals surface area contributed by atoms with Crippen LogP contribution in [0.3, 0.4) is 0 Å². The van der Waals surface area contributed by atoms with Gasteiger partial charge in [-0.2, -0.15) is 0 Å². The number of amides is 1. The quantitative estimate of drug-likeness (QED) is 0.747. The van der Waals surface area contributed by atoms with E-state index in [1.54, 1.807) is 0 Å². The van der Waals surface area contributed by atoms with Crippen molar-refractivity contribution in [2.24, 2.45) is 16.6 Å². The number of carbonyl (C=O) groups is 1. The van der Waals surface area contributed by atoms with Crippen LogP contribution in [0.15, 0.2) is 0 Å². The van der Waals surface area contributed by atoms with E-state index in [1.165, 1.54) is 32.1 Å². The number of likely N-dealkylation sites (tertiary alicyclic amines) is 1. The number of nitrogens with two attached hydrogens (primary N) is 1. The normalized spacial score (nSPS) is 23.8. The molecule has 3 nitrogen and oxygen atoms in total. The molecule has 1 saturated carbocycles. The Hall–Kier alpha value is -0.570. The van der Waals surface area contributed by atoms with E-state index in [-0.39, 0.29) is 0 Å². The Morgan fingerprint density at radius 1 is 1.10 bits per heavy atom. The highest BCUT2D eigenvalue weighted by Crippen LogP contribution is 2.45. The molecule has 2 rings (SSSR count). The SMILES string of the molecule is CC(C)(C)C1(C)CCN(C=O)CC1.NC1CCCCC1. The van der Waals surface area contributed by atoms with Crippen molar-refractivity contribution < 1.29 is 4.79 Å². The maximum Gasteiger partial charge on any atom is 0.209 e. The third kappa shape index (κ3) is 5.08. The second kappa shape index (κ2) is 7.44. The van der Waals surface area contributed by atoms with E-state index in [4.69, 9.17) is 5.73 Å². The van der Waals surface area contributed by atoms with Crippen LogP contribution in [0.1, 0.15) is 72.6 Å². The molecule has 0 bridgehead atoms. The summed E-state index contributed by atoms with van der Waals surface area (Å²) < 4.78 is 0. The molecule has 118 valence electrons. The van der Waals surface area contributed by atoms with Gasteiger partial charge in [0.15, 0.2) is 0 Å². The largest absolute Gasteiger partial charge is 0.345 e. The third-order valence-electron chi connectivity index (χ3n) is 5.51. The predicted molar refractivity (Wildman–Crippen MR) is 85.5 cm³/mol. The average Bonchev–Trinajstić information content (AvgIpc) is 2.40. The molecule has 2 aliphatic rings. The highest BCUT2D eigenvalue weighted by Gasteiger charge is 2.39. The minimum atomic E-state index is 0.349.